The van der Waals surface area contributed by atoms with Crippen LogP contribution in [0.4, 0.5) is 4.39 Å². The van der Waals surface area contributed by atoms with E-state index in [-0.39, 0.29) is 17.0 Å². The summed E-state index contributed by atoms with van der Waals surface area (Å²) in [6.07, 6.45) is 2.14. The number of fused-ring (bicyclic) bond motifs is 1. The number of thioether (sulfide) groups is 1. The highest BCUT2D eigenvalue weighted by molar-refractivity contribution is 8.00. The molecule has 1 atom stereocenters. The predicted octanol–water partition coefficient (Wildman–Crippen LogP) is 4.20. The topological polar surface area (TPSA) is 54.9 Å². The van der Waals surface area contributed by atoms with Crippen LogP contribution in [0, 0.1) is 5.82 Å². The highest BCUT2D eigenvalue weighted by Gasteiger charge is 2.26. The van der Waals surface area contributed by atoms with E-state index in [0.717, 1.165) is 34.2 Å². The molecule has 0 aliphatic heterocycles. The van der Waals surface area contributed by atoms with E-state index < -0.39 is 0 Å². The van der Waals surface area contributed by atoms with Crippen LogP contribution < -0.4 is 5.32 Å². The molecule has 1 fully saturated rings. The fourth-order valence-corrected chi connectivity index (χ4v) is 3.66. The maximum atomic E-state index is 13.2. The summed E-state index contributed by atoms with van der Waals surface area (Å²) >= 11 is 1.41. The first-order chi connectivity index (χ1) is 12.6. The lowest BCUT2D eigenvalue weighted by molar-refractivity contribution is -0.120. The predicted molar refractivity (Wildman–Crippen MR) is 101 cm³/mol. The number of benzene rings is 2. The molecule has 0 saturated heterocycles. The van der Waals surface area contributed by atoms with Crippen molar-refractivity contribution in [2.24, 2.45) is 0 Å². The molecule has 1 heterocycles. The van der Waals surface area contributed by atoms with Crippen molar-refractivity contribution in [3.8, 4) is 11.3 Å². The van der Waals surface area contributed by atoms with Gasteiger partial charge in [0, 0.05) is 22.4 Å². The second kappa shape index (κ2) is 7.03. The van der Waals surface area contributed by atoms with Crippen LogP contribution in [0.2, 0.25) is 0 Å². The first-order valence-electron chi connectivity index (χ1n) is 8.60. The van der Waals surface area contributed by atoms with Gasteiger partial charge in [0.15, 0.2) is 0 Å². The van der Waals surface area contributed by atoms with Crippen molar-refractivity contribution in [3.63, 3.8) is 0 Å². The van der Waals surface area contributed by atoms with Gasteiger partial charge < -0.3 is 5.32 Å². The largest absolute Gasteiger partial charge is 0.352 e. The lowest BCUT2D eigenvalue weighted by Crippen LogP contribution is -2.32. The van der Waals surface area contributed by atoms with Gasteiger partial charge in [-0.3, -0.25) is 4.79 Å². The van der Waals surface area contributed by atoms with E-state index in [1.165, 1.54) is 23.9 Å². The van der Waals surface area contributed by atoms with Gasteiger partial charge in [0.25, 0.3) is 0 Å². The molecule has 0 bridgehead atoms. The number of hydrogen-bond acceptors (Lipinski definition) is 4. The van der Waals surface area contributed by atoms with Crippen LogP contribution in [0.5, 0.6) is 0 Å². The number of nitrogens with zero attached hydrogens (tertiary/aromatic N) is 2. The summed E-state index contributed by atoms with van der Waals surface area (Å²) in [6.45, 7) is 1.88. The third-order valence-electron chi connectivity index (χ3n) is 4.35. The van der Waals surface area contributed by atoms with E-state index in [0.29, 0.717) is 11.7 Å². The summed E-state index contributed by atoms with van der Waals surface area (Å²) in [4.78, 5) is 12.2. The Balaban J connectivity index is 1.67. The molecule has 4 rings (SSSR count). The van der Waals surface area contributed by atoms with Crippen molar-refractivity contribution >= 4 is 28.4 Å². The molecule has 1 aliphatic carbocycles. The summed E-state index contributed by atoms with van der Waals surface area (Å²) in [5, 5.41) is 14.1. The van der Waals surface area contributed by atoms with Crippen molar-refractivity contribution in [2.45, 2.75) is 36.1 Å². The molecule has 26 heavy (non-hydrogen) atoms. The molecule has 3 aromatic rings. The van der Waals surface area contributed by atoms with E-state index in [2.05, 4.69) is 15.5 Å². The number of aromatic nitrogens is 2. The molecule has 0 spiro atoms. The van der Waals surface area contributed by atoms with Crippen molar-refractivity contribution in [2.75, 3.05) is 0 Å². The van der Waals surface area contributed by atoms with Gasteiger partial charge in [-0.1, -0.05) is 36.0 Å². The van der Waals surface area contributed by atoms with Crippen LogP contribution >= 0.6 is 11.8 Å². The molecular formula is C20H18FN3OS. The van der Waals surface area contributed by atoms with E-state index >= 15 is 0 Å². The smallest absolute Gasteiger partial charge is 0.233 e. The number of carbonyl (C=O) groups is 1. The highest BCUT2D eigenvalue weighted by atomic mass is 32.2. The van der Waals surface area contributed by atoms with Crippen molar-refractivity contribution in [3.05, 3.63) is 54.3 Å². The van der Waals surface area contributed by atoms with Crippen LogP contribution in [0.15, 0.2) is 53.6 Å². The second-order valence-electron chi connectivity index (χ2n) is 6.45. The summed E-state index contributed by atoms with van der Waals surface area (Å²) in [7, 11) is 0. The zero-order chi connectivity index (χ0) is 18.1. The molecule has 6 heteroatoms. The number of amides is 1. The molecule has 1 saturated carbocycles. The van der Waals surface area contributed by atoms with Crippen molar-refractivity contribution in [1.29, 1.82) is 0 Å². The van der Waals surface area contributed by atoms with Gasteiger partial charge in [-0.05, 0) is 44.0 Å². The van der Waals surface area contributed by atoms with Crippen LogP contribution in [-0.4, -0.2) is 27.4 Å². The summed E-state index contributed by atoms with van der Waals surface area (Å²) in [5.41, 5.74) is 1.52. The Morgan fingerprint density at radius 1 is 1.12 bits per heavy atom. The third-order valence-corrected chi connectivity index (χ3v) is 5.44. The normalized spacial score (nSPS) is 15.0. The average Bonchev–Trinajstić information content (AvgIpc) is 3.47. The summed E-state index contributed by atoms with van der Waals surface area (Å²) in [6, 6.07) is 14.4. The maximum absolute atomic E-state index is 13.2. The number of nitrogens with one attached hydrogen (secondary N) is 1. The van der Waals surface area contributed by atoms with Gasteiger partial charge in [0.2, 0.25) is 5.91 Å². The van der Waals surface area contributed by atoms with Crippen molar-refractivity contribution in [1.82, 2.24) is 15.5 Å². The van der Waals surface area contributed by atoms with E-state index in [1.54, 1.807) is 12.1 Å². The third kappa shape index (κ3) is 3.55. The Morgan fingerprint density at radius 3 is 2.50 bits per heavy atom. The molecule has 1 aromatic heterocycles. The molecule has 1 N–H and O–H groups in total. The Kier molecular flexibility index (Phi) is 4.59. The SMILES string of the molecule is CC(Sc1nnc(-c2ccc(F)cc2)c2ccccc12)C(=O)NC1CC1. The molecule has 0 radical (unpaired) electrons. The number of hydrogen-bond donors (Lipinski definition) is 1. The molecule has 2 aromatic carbocycles. The summed E-state index contributed by atoms with van der Waals surface area (Å²) < 4.78 is 13.2. The van der Waals surface area contributed by atoms with Crippen LogP contribution in [0.25, 0.3) is 22.0 Å². The average molecular weight is 367 g/mol. The Morgan fingerprint density at radius 2 is 1.81 bits per heavy atom. The van der Waals surface area contributed by atoms with Crippen LogP contribution in [0.3, 0.4) is 0 Å². The minimum absolute atomic E-state index is 0.0333. The van der Waals surface area contributed by atoms with Crippen LogP contribution in [0.1, 0.15) is 19.8 Å². The highest BCUT2D eigenvalue weighted by Crippen LogP contribution is 2.33. The quantitative estimate of drug-likeness (QED) is 0.687. The second-order valence-corrected chi connectivity index (χ2v) is 7.78. The lowest BCUT2D eigenvalue weighted by Gasteiger charge is -2.13. The number of rotatable bonds is 5. The molecule has 132 valence electrons. The van der Waals surface area contributed by atoms with Crippen molar-refractivity contribution < 1.29 is 9.18 Å². The Hall–Kier alpha value is -2.47. The molecule has 4 nitrogen and oxygen atoms in total. The van der Waals surface area contributed by atoms with Crippen LogP contribution in [-0.2, 0) is 4.79 Å². The van der Waals surface area contributed by atoms with Gasteiger partial charge in [-0.25, -0.2) is 4.39 Å². The minimum atomic E-state index is -0.284. The van der Waals surface area contributed by atoms with E-state index in [1.807, 2.05) is 31.2 Å². The minimum Gasteiger partial charge on any atom is -0.352 e. The Bertz CT molecular complexity index is 957. The number of halogens is 1. The van der Waals surface area contributed by atoms with E-state index in [4.69, 9.17) is 0 Å². The van der Waals surface area contributed by atoms with E-state index in [9.17, 15) is 9.18 Å². The fraction of sp³-hybridized carbons (Fsp3) is 0.250. The first kappa shape index (κ1) is 17.0. The molecule has 1 aliphatic rings. The van der Waals surface area contributed by atoms with Gasteiger partial charge >= 0.3 is 0 Å². The number of carbonyl (C=O) groups excluding carboxylic acids is 1. The van der Waals surface area contributed by atoms with Gasteiger partial charge in [-0.2, -0.15) is 0 Å². The zero-order valence-corrected chi connectivity index (χ0v) is 15.1. The van der Waals surface area contributed by atoms with Gasteiger partial charge in [-0.15, -0.1) is 10.2 Å². The first-order valence-corrected chi connectivity index (χ1v) is 9.48. The Labute approximate surface area is 155 Å². The fourth-order valence-electron chi connectivity index (χ4n) is 2.75. The molecule has 1 amide bonds. The lowest BCUT2D eigenvalue weighted by atomic mass is 10.1. The van der Waals surface area contributed by atoms with Gasteiger partial charge in [0.1, 0.15) is 16.5 Å². The summed E-state index contributed by atoms with van der Waals surface area (Å²) in [5.74, 6) is -0.250. The zero-order valence-electron chi connectivity index (χ0n) is 14.3. The standard InChI is InChI=1S/C20H18FN3OS/c1-12(19(25)22-15-10-11-15)26-20-17-5-3-2-4-16(17)18(23-24-20)13-6-8-14(21)9-7-13/h2-9,12,15H,10-11H2,1H3,(H,22,25). The molecular weight excluding hydrogens is 349 g/mol. The maximum Gasteiger partial charge on any atom is 0.233 e. The molecule has 1 unspecified atom stereocenters. The van der Waals surface area contributed by atoms with Gasteiger partial charge in [0.05, 0.1) is 5.25 Å². The monoisotopic (exact) mass is 367 g/mol.